The molecule has 15 heavy (non-hydrogen) atoms. The van der Waals surface area contributed by atoms with E-state index in [0.29, 0.717) is 0 Å². The number of hydrogen-bond acceptors (Lipinski definition) is 2. The van der Waals surface area contributed by atoms with Crippen molar-refractivity contribution in [2.24, 2.45) is 0 Å². The molecule has 0 bridgehead atoms. The maximum Gasteiger partial charge on any atom is 0.333 e. The number of hydrogen-bond donors (Lipinski definition) is 0. The van der Waals surface area contributed by atoms with Gasteiger partial charge < -0.3 is 4.74 Å². The Labute approximate surface area is 90.6 Å². The molecule has 0 atom stereocenters. The molecule has 0 aliphatic heterocycles. The van der Waals surface area contributed by atoms with Gasteiger partial charge >= 0.3 is 5.97 Å². The first-order valence-corrected chi connectivity index (χ1v) is 5.12. The zero-order chi connectivity index (χ0) is 11.1. The van der Waals surface area contributed by atoms with Gasteiger partial charge in [-0.3, -0.25) is 0 Å². The van der Waals surface area contributed by atoms with E-state index in [1.807, 2.05) is 43.3 Å². The number of esters is 1. The molecule has 1 aromatic carbocycles. The minimum atomic E-state index is -0.235. The molecule has 0 saturated heterocycles. The van der Waals surface area contributed by atoms with Crippen LogP contribution in [0.3, 0.4) is 0 Å². The van der Waals surface area contributed by atoms with Gasteiger partial charge in [-0.2, -0.15) is 0 Å². The number of rotatable bonds is 4. The average Bonchev–Trinajstić information content (AvgIpc) is 2.29. The Kier molecular flexibility index (Phi) is 4.61. The summed E-state index contributed by atoms with van der Waals surface area (Å²) in [5.74, 6) is -0.235. The molecule has 0 aliphatic carbocycles. The number of benzene rings is 1. The largest absolute Gasteiger partial charge is 0.466 e. The van der Waals surface area contributed by atoms with E-state index in [2.05, 4.69) is 0 Å². The molecule has 1 rings (SSSR count). The second kappa shape index (κ2) is 6.02. The number of carbonyl (C=O) groups excluding carboxylic acids is 1. The van der Waals surface area contributed by atoms with E-state index >= 15 is 0 Å². The second-order valence-corrected chi connectivity index (χ2v) is 3.32. The van der Waals surface area contributed by atoms with Gasteiger partial charge in [0.1, 0.15) is 0 Å². The van der Waals surface area contributed by atoms with Gasteiger partial charge in [-0.05, 0) is 18.1 Å². The van der Waals surface area contributed by atoms with Crippen molar-refractivity contribution in [1.29, 1.82) is 0 Å². The minimum absolute atomic E-state index is 0.235. The molecule has 0 aliphatic rings. The molecule has 0 N–H and O–H groups in total. The minimum Gasteiger partial charge on any atom is -0.466 e. The van der Waals surface area contributed by atoms with Crippen molar-refractivity contribution in [3.8, 4) is 0 Å². The van der Waals surface area contributed by atoms with Crippen LogP contribution in [-0.4, -0.2) is 13.1 Å². The molecule has 80 valence electrons. The monoisotopic (exact) mass is 204 g/mol. The molecular weight excluding hydrogens is 188 g/mol. The first-order valence-electron chi connectivity index (χ1n) is 5.12. The Balaban J connectivity index is 2.88. The second-order valence-electron chi connectivity index (χ2n) is 3.32. The van der Waals surface area contributed by atoms with Crippen molar-refractivity contribution < 1.29 is 9.53 Å². The zero-order valence-corrected chi connectivity index (χ0v) is 9.19. The molecule has 0 fully saturated rings. The molecule has 1 aromatic rings. The number of methoxy groups -OCH3 is 1. The van der Waals surface area contributed by atoms with Crippen molar-refractivity contribution >= 4 is 12.0 Å². The van der Waals surface area contributed by atoms with Crippen molar-refractivity contribution in [3.05, 3.63) is 41.5 Å². The third kappa shape index (κ3) is 3.58. The Morgan fingerprint density at radius 3 is 2.53 bits per heavy atom. The Hall–Kier alpha value is -1.57. The van der Waals surface area contributed by atoms with Crippen molar-refractivity contribution in [3.63, 3.8) is 0 Å². The molecule has 0 unspecified atom stereocenters. The van der Waals surface area contributed by atoms with Crippen molar-refractivity contribution in [2.45, 2.75) is 19.8 Å². The summed E-state index contributed by atoms with van der Waals surface area (Å²) in [5.41, 5.74) is 1.76. The van der Waals surface area contributed by atoms with Gasteiger partial charge in [0.15, 0.2) is 0 Å². The zero-order valence-electron chi connectivity index (χ0n) is 9.19. The van der Waals surface area contributed by atoms with E-state index in [4.69, 9.17) is 4.74 Å². The van der Waals surface area contributed by atoms with E-state index in [1.54, 1.807) is 0 Å². The molecule has 0 radical (unpaired) electrons. The highest BCUT2D eigenvalue weighted by Gasteiger charge is 2.07. The van der Waals surface area contributed by atoms with Crippen LogP contribution in [0, 0.1) is 0 Å². The smallest absolute Gasteiger partial charge is 0.333 e. The lowest BCUT2D eigenvalue weighted by Crippen LogP contribution is -2.04. The normalized spacial score (nSPS) is 11.2. The Morgan fingerprint density at radius 2 is 2.00 bits per heavy atom. The summed E-state index contributed by atoms with van der Waals surface area (Å²) in [5, 5.41) is 0. The first kappa shape index (κ1) is 11.5. The molecule has 2 nitrogen and oxygen atoms in total. The summed E-state index contributed by atoms with van der Waals surface area (Å²) in [6.45, 7) is 2.04. The molecular formula is C13H16O2. The van der Waals surface area contributed by atoms with Gasteiger partial charge in [0, 0.05) is 5.57 Å². The van der Waals surface area contributed by atoms with Crippen molar-refractivity contribution in [1.82, 2.24) is 0 Å². The maximum absolute atomic E-state index is 11.4. The number of ether oxygens (including phenoxy) is 1. The van der Waals surface area contributed by atoms with Gasteiger partial charge in [-0.1, -0.05) is 43.7 Å². The summed E-state index contributed by atoms with van der Waals surface area (Å²) < 4.78 is 4.73. The fourth-order valence-corrected chi connectivity index (χ4v) is 1.38. The molecule has 0 amide bonds. The first-order chi connectivity index (χ1) is 7.27. The summed E-state index contributed by atoms with van der Waals surface area (Å²) in [6.07, 6.45) is 3.57. The van der Waals surface area contributed by atoms with E-state index in [0.717, 1.165) is 24.0 Å². The van der Waals surface area contributed by atoms with E-state index in [-0.39, 0.29) is 5.97 Å². The predicted octanol–water partition coefficient (Wildman–Crippen LogP) is 3.04. The highest BCUT2D eigenvalue weighted by atomic mass is 16.5. The van der Waals surface area contributed by atoms with Gasteiger partial charge in [-0.25, -0.2) is 4.79 Å². The van der Waals surface area contributed by atoms with Gasteiger partial charge in [0.05, 0.1) is 7.11 Å². The Morgan fingerprint density at radius 1 is 1.33 bits per heavy atom. The van der Waals surface area contributed by atoms with Crippen LogP contribution in [0.4, 0.5) is 0 Å². The van der Waals surface area contributed by atoms with Crippen molar-refractivity contribution in [2.75, 3.05) is 7.11 Å². The lowest BCUT2D eigenvalue weighted by atomic mass is 10.1. The maximum atomic E-state index is 11.4. The third-order valence-electron chi connectivity index (χ3n) is 2.11. The standard InChI is InChI=1S/C13H16O2/c1-3-7-12(13(14)15-2)10-11-8-5-4-6-9-11/h4-6,8-10H,3,7H2,1-2H3. The van der Waals surface area contributed by atoms with Crippen LogP contribution in [0.15, 0.2) is 35.9 Å². The van der Waals surface area contributed by atoms with E-state index in [9.17, 15) is 4.79 Å². The molecule has 0 saturated carbocycles. The molecule has 0 heterocycles. The molecule has 2 heteroatoms. The fraction of sp³-hybridized carbons (Fsp3) is 0.308. The summed E-state index contributed by atoms with van der Waals surface area (Å²) in [4.78, 5) is 11.4. The lowest BCUT2D eigenvalue weighted by Gasteiger charge is -2.03. The van der Waals surface area contributed by atoms with Crippen LogP contribution in [-0.2, 0) is 9.53 Å². The summed E-state index contributed by atoms with van der Waals surface area (Å²) in [7, 11) is 1.41. The quantitative estimate of drug-likeness (QED) is 0.556. The highest BCUT2D eigenvalue weighted by Crippen LogP contribution is 2.12. The molecule has 0 aromatic heterocycles. The SMILES string of the molecule is CCCC(=Cc1ccccc1)C(=O)OC. The molecule has 0 spiro atoms. The van der Waals surface area contributed by atoms with E-state index < -0.39 is 0 Å². The fourth-order valence-electron chi connectivity index (χ4n) is 1.38. The summed E-state index contributed by atoms with van der Waals surface area (Å²) >= 11 is 0. The van der Waals surface area contributed by atoms with E-state index in [1.165, 1.54) is 7.11 Å². The Bertz CT molecular complexity index is 339. The average molecular weight is 204 g/mol. The van der Waals surface area contributed by atoms with Crippen LogP contribution in [0.2, 0.25) is 0 Å². The third-order valence-corrected chi connectivity index (χ3v) is 2.11. The van der Waals surface area contributed by atoms with Gasteiger partial charge in [0.25, 0.3) is 0 Å². The lowest BCUT2D eigenvalue weighted by molar-refractivity contribution is -0.136. The number of carbonyl (C=O) groups is 1. The van der Waals surface area contributed by atoms with Gasteiger partial charge in [0.2, 0.25) is 0 Å². The van der Waals surface area contributed by atoms with Crippen LogP contribution < -0.4 is 0 Å². The van der Waals surface area contributed by atoms with Crippen LogP contribution in [0.25, 0.3) is 6.08 Å². The van der Waals surface area contributed by atoms with Crippen LogP contribution >= 0.6 is 0 Å². The topological polar surface area (TPSA) is 26.3 Å². The predicted molar refractivity (Wildman–Crippen MR) is 61.3 cm³/mol. The summed E-state index contributed by atoms with van der Waals surface area (Å²) in [6, 6.07) is 9.80. The highest BCUT2D eigenvalue weighted by molar-refractivity contribution is 5.93. The van der Waals surface area contributed by atoms with Crippen LogP contribution in [0.5, 0.6) is 0 Å². The van der Waals surface area contributed by atoms with Crippen LogP contribution in [0.1, 0.15) is 25.3 Å². The van der Waals surface area contributed by atoms with Gasteiger partial charge in [-0.15, -0.1) is 0 Å².